The Labute approximate surface area is 126 Å². The van der Waals surface area contributed by atoms with Crippen molar-refractivity contribution < 1.29 is 9.53 Å². The van der Waals surface area contributed by atoms with Crippen molar-refractivity contribution in [3.63, 3.8) is 0 Å². The van der Waals surface area contributed by atoms with Gasteiger partial charge in [0, 0.05) is 18.2 Å². The molecule has 1 unspecified atom stereocenters. The molecule has 1 aliphatic carbocycles. The number of amides is 1. The number of nitrogen functional groups attached to an aromatic ring is 1. The summed E-state index contributed by atoms with van der Waals surface area (Å²) in [5.41, 5.74) is 7.09. The number of hydrogen-bond acceptors (Lipinski definition) is 3. The number of anilines is 1. The van der Waals surface area contributed by atoms with E-state index < -0.39 is 0 Å². The zero-order valence-corrected chi connectivity index (χ0v) is 12.7. The first-order valence-electron chi connectivity index (χ1n) is 7.95. The smallest absolute Gasteiger partial charge is 0.254 e. The van der Waals surface area contributed by atoms with Gasteiger partial charge in [-0.15, -0.1) is 0 Å². The van der Waals surface area contributed by atoms with Gasteiger partial charge in [-0.1, -0.05) is 12.8 Å². The van der Waals surface area contributed by atoms with Crippen LogP contribution in [0.5, 0.6) is 5.75 Å². The van der Waals surface area contributed by atoms with E-state index >= 15 is 0 Å². The van der Waals surface area contributed by atoms with Gasteiger partial charge in [0.15, 0.2) is 0 Å². The number of nitrogens with zero attached hydrogens (tertiary/aromatic N) is 1. The molecule has 2 aliphatic rings. The molecule has 1 atom stereocenters. The highest BCUT2D eigenvalue weighted by molar-refractivity contribution is 5.95. The Kier molecular flexibility index (Phi) is 4.04. The SMILES string of the molecule is COc1cc(C(=O)N2CCCC2C2CCCC2)ccc1N. The van der Waals surface area contributed by atoms with Crippen LogP contribution in [0.4, 0.5) is 5.69 Å². The van der Waals surface area contributed by atoms with Crippen molar-refractivity contribution in [3.8, 4) is 5.75 Å². The standard InChI is InChI=1S/C17H24N2O2/c1-21-16-11-13(8-9-14(16)18)17(20)19-10-4-7-15(19)12-5-2-3-6-12/h8-9,11-12,15H,2-7,10,18H2,1H3. The number of hydrogen-bond donors (Lipinski definition) is 1. The summed E-state index contributed by atoms with van der Waals surface area (Å²) in [6.45, 7) is 0.882. The van der Waals surface area contributed by atoms with E-state index in [1.807, 2.05) is 6.07 Å². The number of rotatable bonds is 3. The molecule has 21 heavy (non-hydrogen) atoms. The van der Waals surface area contributed by atoms with Gasteiger partial charge in [0.25, 0.3) is 5.91 Å². The van der Waals surface area contributed by atoms with Gasteiger partial charge < -0.3 is 15.4 Å². The molecule has 3 rings (SSSR count). The Morgan fingerprint density at radius 3 is 2.71 bits per heavy atom. The average molecular weight is 288 g/mol. The van der Waals surface area contributed by atoms with Gasteiger partial charge in [-0.25, -0.2) is 0 Å². The van der Waals surface area contributed by atoms with E-state index in [4.69, 9.17) is 10.5 Å². The quantitative estimate of drug-likeness (QED) is 0.870. The summed E-state index contributed by atoms with van der Waals surface area (Å²) in [5, 5.41) is 0. The van der Waals surface area contributed by atoms with E-state index in [9.17, 15) is 4.79 Å². The molecule has 0 radical (unpaired) electrons. The minimum absolute atomic E-state index is 0.128. The molecule has 4 nitrogen and oxygen atoms in total. The second kappa shape index (κ2) is 5.96. The Morgan fingerprint density at radius 2 is 2.00 bits per heavy atom. The lowest BCUT2D eigenvalue weighted by atomic mass is 9.95. The second-order valence-electron chi connectivity index (χ2n) is 6.21. The van der Waals surface area contributed by atoms with E-state index in [-0.39, 0.29) is 5.91 Å². The Hall–Kier alpha value is -1.71. The summed E-state index contributed by atoms with van der Waals surface area (Å²) in [4.78, 5) is 14.9. The molecule has 114 valence electrons. The van der Waals surface area contributed by atoms with Crippen LogP contribution < -0.4 is 10.5 Å². The number of methoxy groups -OCH3 is 1. The minimum atomic E-state index is 0.128. The third-order valence-corrected chi connectivity index (χ3v) is 4.98. The van der Waals surface area contributed by atoms with Gasteiger partial charge >= 0.3 is 0 Å². The normalized spacial score (nSPS) is 22.7. The van der Waals surface area contributed by atoms with Crippen LogP contribution in [0.15, 0.2) is 18.2 Å². The van der Waals surface area contributed by atoms with Crippen molar-refractivity contribution >= 4 is 11.6 Å². The lowest BCUT2D eigenvalue weighted by molar-refractivity contribution is 0.0689. The summed E-state index contributed by atoms with van der Waals surface area (Å²) in [6, 6.07) is 5.77. The third-order valence-electron chi connectivity index (χ3n) is 4.98. The predicted molar refractivity (Wildman–Crippen MR) is 83.4 cm³/mol. The second-order valence-corrected chi connectivity index (χ2v) is 6.21. The number of carbonyl (C=O) groups excluding carboxylic acids is 1. The van der Waals surface area contributed by atoms with Crippen LogP contribution in [0.25, 0.3) is 0 Å². The van der Waals surface area contributed by atoms with E-state index in [0.29, 0.717) is 29.0 Å². The zero-order chi connectivity index (χ0) is 14.8. The van der Waals surface area contributed by atoms with E-state index in [0.717, 1.165) is 19.4 Å². The molecular formula is C17H24N2O2. The fraction of sp³-hybridized carbons (Fsp3) is 0.588. The molecule has 0 aromatic heterocycles. The van der Waals surface area contributed by atoms with Crippen LogP contribution in [-0.2, 0) is 0 Å². The van der Waals surface area contributed by atoms with E-state index in [1.54, 1.807) is 19.2 Å². The molecule has 1 heterocycles. The van der Waals surface area contributed by atoms with Crippen LogP contribution >= 0.6 is 0 Å². The Morgan fingerprint density at radius 1 is 1.24 bits per heavy atom. The number of ether oxygens (including phenoxy) is 1. The van der Waals surface area contributed by atoms with Gasteiger partial charge in [0.05, 0.1) is 12.8 Å². The Bertz CT molecular complexity index is 524. The summed E-state index contributed by atoms with van der Waals surface area (Å²) >= 11 is 0. The molecule has 1 saturated carbocycles. The highest BCUT2D eigenvalue weighted by atomic mass is 16.5. The predicted octanol–water partition coefficient (Wildman–Crippen LogP) is 3.07. The average Bonchev–Trinajstić information content (AvgIpc) is 3.17. The highest BCUT2D eigenvalue weighted by Gasteiger charge is 2.36. The lowest BCUT2D eigenvalue weighted by Crippen LogP contribution is -2.39. The summed E-state index contributed by atoms with van der Waals surface area (Å²) < 4.78 is 5.23. The molecule has 1 aromatic carbocycles. The number of nitrogens with two attached hydrogens (primary N) is 1. The van der Waals surface area contributed by atoms with Crippen molar-refractivity contribution in [1.29, 1.82) is 0 Å². The largest absolute Gasteiger partial charge is 0.495 e. The molecule has 0 bridgehead atoms. The molecule has 2 N–H and O–H groups in total. The van der Waals surface area contributed by atoms with Gasteiger partial charge in [-0.05, 0) is 49.8 Å². The zero-order valence-electron chi connectivity index (χ0n) is 12.7. The van der Waals surface area contributed by atoms with Crippen LogP contribution in [0.2, 0.25) is 0 Å². The minimum Gasteiger partial charge on any atom is -0.495 e. The number of likely N-dealkylation sites (tertiary alicyclic amines) is 1. The van der Waals surface area contributed by atoms with E-state index in [1.165, 1.54) is 25.7 Å². The third kappa shape index (κ3) is 2.71. The lowest BCUT2D eigenvalue weighted by Gasteiger charge is -2.29. The first-order chi connectivity index (χ1) is 10.2. The van der Waals surface area contributed by atoms with Gasteiger partial charge in [-0.2, -0.15) is 0 Å². The fourth-order valence-electron chi connectivity index (χ4n) is 3.89. The van der Waals surface area contributed by atoms with E-state index in [2.05, 4.69) is 4.90 Å². The Balaban J connectivity index is 1.80. The van der Waals surface area contributed by atoms with Crippen molar-refractivity contribution in [1.82, 2.24) is 4.90 Å². The summed E-state index contributed by atoms with van der Waals surface area (Å²) in [7, 11) is 1.58. The van der Waals surface area contributed by atoms with Crippen LogP contribution in [0, 0.1) is 5.92 Å². The van der Waals surface area contributed by atoms with Gasteiger partial charge in [0.1, 0.15) is 5.75 Å². The monoisotopic (exact) mass is 288 g/mol. The maximum atomic E-state index is 12.8. The first kappa shape index (κ1) is 14.2. The molecule has 1 aromatic rings. The number of benzene rings is 1. The topological polar surface area (TPSA) is 55.6 Å². The molecular weight excluding hydrogens is 264 g/mol. The van der Waals surface area contributed by atoms with Crippen molar-refractivity contribution in [2.45, 2.75) is 44.6 Å². The molecule has 0 spiro atoms. The van der Waals surface area contributed by atoms with Crippen molar-refractivity contribution in [2.75, 3.05) is 19.4 Å². The molecule has 2 fully saturated rings. The number of carbonyl (C=O) groups is 1. The van der Waals surface area contributed by atoms with Crippen LogP contribution in [0.3, 0.4) is 0 Å². The highest BCUT2D eigenvalue weighted by Crippen LogP contribution is 2.36. The summed E-state index contributed by atoms with van der Waals surface area (Å²) in [5.74, 6) is 1.41. The molecule has 4 heteroatoms. The van der Waals surface area contributed by atoms with Crippen molar-refractivity contribution in [2.24, 2.45) is 5.92 Å². The van der Waals surface area contributed by atoms with Crippen molar-refractivity contribution in [3.05, 3.63) is 23.8 Å². The molecule has 1 aliphatic heterocycles. The maximum absolute atomic E-state index is 12.8. The summed E-state index contributed by atoms with van der Waals surface area (Å²) in [6.07, 6.45) is 7.47. The molecule has 1 amide bonds. The first-order valence-corrected chi connectivity index (χ1v) is 7.95. The van der Waals surface area contributed by atoms with Crippen LogP contribution in [-0.4, -0.2) is 30.5 Å². The van der Waals surface area contributed by atoms with Gasteiger partial charge in [0.2, 0.25) is 0 Å². The molecule has 1 saturated heterocycles. The fourth-order valence-corrected chi connectivity index (χ4v) is 3.89. The maximum Gasteiger partial charge on any atom is 0.254 e. The van der Waals surface area contributed by atoms with Gasteiger partial charge in [-0.3, -0.25) is 4.79 Å². The van der Waals surface area contributed by atoms with Crippen LogP contribution in [0.1, 0.15) is 48.9 Å².